The Hall–Kier alpha value is -0.610. The molecule has 3 fully saturated rings. The number of carbonyl (C=O) groups is 1. The topological polar surface area (TPSA) is 41.6 Å². The summed E-state index contributed by atoms with van der Waals surface area (Å²) in [6.07, 6.45) is 8.03. The highest BCUT2D eigenvalue weighted by atomic mass is 16.5. The van der Waals surface area contributed by atoms with Crippen LogP contribution in [0.2, 0.25) is 0 Å². The standard InChI is InChI=1S/C20H36N2O2/c1-15-11-17(13-20(2,3)12-15)21-19(23)18-5-4-8-22(18)14-16-6-9-24-10-7-16/h15-18H,4-14H2,1-3H3,(H,21,23)/t15?,17?,18-/m0/s1. The van der Waals surface area contributed by atoms with Gasteiger partial charge in [0.15, 0.2) is 0 Å². The average molecular weight is 337 g/mol. The molecule has 1 aliphatic carbocycles. The Balaban J connectivity index is 1.53. The van der Waals surface area contributed by atoms with E-state index in [9.17, 15) is 4.79 Å². The summed E-state index contributed by atoms with van der Waals surface area (Å²) in [5.41, 5.74) is 0.354. The van der Waals surface area contributed by atoms with E-state index in [1.807, 2.05) is 0 Å². The molecule has 0 aromatic rings. The van der Waals surface area contributed by atoms with Crippen molar-refractivity contribution in [3.05, 3.63) is 0 Å². The van der Waals surface area contributed by atoms with Crippen LogP contribution in [0.5, 0.6) is 0 Å². The van der Waals surface area contributed by atoms with Gasteiger partial charge in [-0.15, -0.1) is 0 Å². The SMILES string of the molecule is CC1CC(NC(=O)[C@@H]2CCCN2CC2CCOCC2)CC(C)(C)C1. The summed E-state index contributed by atoms with van der Waals surface area (Å²) in [5.74, 6) is 1.70. The number of amides is 1. The first-order valence-electron chi connectivity index (χ1n) is 10.0. The summed E-state index contributed by atoms with van der Waals surface area (Å²) in [6.45, 7) is 11.0. The molecule has 0 aromatic carbocycles. The second-order valence-corrected chi connectivity index (χ2v) is 9.33. The molecule has 2 aliphatic heterocycles. The van der Waals surface area contributed by atoms with E-state index in [1.165, 1.54) is 6.42 Å². The minimum Gasteiger partial charge on any atom is -0.381 e. The van der Waals surface area contributed by atoms with Crippen LogP contribution in [0.25, 0.3) is 0 Å². The summed E-state index contributed by atoms with van der Waals surface area (Å²) in [4.78, 5) is 15.4. The van der Waals surface area contributed by atoms with Crippen molar-refractivity contribution in [1.29, 1.82) is 0 Å². The lowest BCUT2D eigenvalue weighted by Gasteiger charge is -2.40. The Morgan fingerprint density at radius 1 is 1.21 bits per heavy atom. The predicted octanol–water partition coefficient (Wildman–Crippen LogP) is 3.21. The molecule has 2 heterocycles. The van der Waals surface area contributed by atoms with Gasteiger partial charge in [-0.05, 0) is 68.7 Å². The minimum atomic E-state index is 0.105. The van der Waals surface area contributed by atoms with E-state index < -0.39 is 0 Å². The summed E-state index contributed by atoms with van der Waals surface area (Å²) in [7, 11) is 0. The number of ether oxygens (including phenoxy) is 1. The number of hydrogen-bond acceptors (Lipinski definition) is 3. The zero-order valence-corrected chi connectivity index (χ0v) is 15.9. The van der Waals surface area contributed by atoms with Gasteiger partial charge >= 0.3 is 0 Å². The van der Waals surface area contributed by atoms with Gasteiger partial charge in [0, 0.05) is 25.8 Å². The van der Waals surface area contributed by atoms with Gasteiger partial charge in [0.25, 0.3) is 0 Å². The average Bonchev–Trinajstić information content (AvgIpc) is 2.94. The quantitative estimate of drug-likeness (QED) is 0.857. The first-order chi connectivity index (χ1) is 11.4. The van der Waals surface area contributed by atoms with Crippen LogP contribution >= 0.6 is 0 Å². The third kappa shape index (κ3) is 4.72. The highest BCUT2D eigenvalue weighted by Gasteiger charge is 2.36. The Labute approximate surface area is 147 Å². The zero-order chi connectivity index (χ0) is 17.2. The van der Waals surface area contributed by atoms with Crippen LogP contribution in [0.1, 0.15) is 65.7 Å². The summed E-state index contributed by atoms with van der Waals surface area (Å²) < 4.78 is 5.47. The lowest BCUT2D eigenvalue weighted by Crippen LogP contribution is -2.50. The molecule has 2 unspecified atom stereocenters. The summed E-state index contributed by atoms with van der Waals surface area (Å²) >= 11 is 0. The monoisotopic (exact) mass is 336 g/mol. The van der Waals surface area contributed by atoms with E-state index in [-0.39, 0.29) is 11.9 Å². The van der Waals surface area contributed by atoms with E-state index in [0.717, 1.165) is 64.8 Å². The highest BCUT2D eigenvalue weighted by molar-refractivity contribution is 5.82. The van der Waals surface area contributed by atoms with Gasteiger partial charge in [0.1, 0.15) is 0 Å². The van der Waals surface area contributed by atoms with Crippen LogP contribution in [-0.4, -0.2) is 49.2 Å². The van der Waals surface area contributed by atoms with Crippen molar-refractivity contribution in [2.24, 2.45) is 17.3 Å². The molecule has 1 saturated carbocycles. The molecule has 3 rings (SSSR count). The van der Waals surface area contributed by atoms with Crippen molar-refractivity contribution >= 4 is 5.91 Å². The lowest BCUT2D eigenvalue weighted by atomic mass is 9.70. The maximum Gasteiger partial charge on any atom is 0.237 e. The van der Waals surface area contributed by atoms with Gasteiger partial charge in [0.05, 0.1) is 6.04 Å². The van der Waals surface area contributed by atoms with E-state index in [4.69, 9.17) is 4.74 Å². The Bertz CT molecular complexity index is 431. The van der Waals surface area contributed by atoms with Gasteiger partial charge in [-0.1, -0.05) is 20.8 Å². The number of likely N-dealkylation sites (tertiary alicyclic amines) is 1. The van der Waals surface area contributed by atoms with Crippen LogP contribution in [-0.2, 0) is 9.53 Å². The van der Waals surface area contributed by atoms with E-state index in [0.29, 0.717) is 23.3 Å². The fourth-order valence-electron chi connectivity index (χ4n) is 5.36. The van der Waals surface area contributed by atoms with Crippen molar-refractivity contribution in [2.45, 2.75) is 77.8 Å². The van der Waals surface area contributed by atoms with Crippen LogP contribution in [0.3, 0.4) is 0 Å². The molecule has 1 N–H and O–H groups in total. The lowest BCUT2D eigenvalue weighted by molar-refractivity contribution is -0.127. The number of rotatable bonds is 4. The number of nitrogens with zero attached hydrogens (tertiary/aromatic N) is 1. The molecule has 0 aromatic heterocycles. The number of nitrogens with one attached hydrogen (secondary N) is 1. The van der Waals surface area contributed by atoms with Crippen molar-refractivity contribution in [1.82, 2.24) is 10.2 Å². The molecule has 138 valence electrons. The molecule has 1 amide bonds. The molecule has 2 saturated heterocycles. The molecule has 0 radical (unpaired) electrons. The van der Waals surface area contributed by atoms with E-state index >= 15 is 0 Å². The second kappa shape index (κ2) is 7.74. The molecule has 3 aliphatic rings. The van der Waals surface area contributed by atoms with Gasteiger partial charge in [0.2, 0.25) is 5.91 Å². The first kappa shape index (κ1) is 18.2. The Kier molecular flexibility index (Phi) is 5.86. The first-order valence-corrected chi connectivity index (χ1v) is 10.0. The van der Waals surface area contributed by atoms with Crippen LogP contribution < -0.4 is 5.32 Å². The van der Waals surface area contributed by atoms with Gasteiger partial charge < -0.3 is 10.1 Å². The Morgan fingerprint density at radius 3 is 2.67 bits per heavy atom. The largest absolute Gasteiger partial charge is 0.381 e. The van der Waals surface area contributed by atoms with Gasteiger partial charge in [-0.3, -0.25) is 9.69 Å². The van der Waals surface area contributed by atoms with Crippen LogP contribution in [0.15, 0.2) is 0 Å². The summed E-state index contributed by atoms with van der Waals surface area (Å²) in [5, 5.41) is 3.41. The molecule has 0 bridgehead atoms. The van der Waals surface area contributed by atoms with E-state index in [1.54, 1.807) is 0 Å². The normalized spacial score (nSPS) is 35.0. The smallest absolute Gasteiger partial charge is 0.237 e. The van der Waals surface area contributed by atoms with E-state index in [2.05, 4.69) is 31.0 Å². The molecule has 3 atom stereocenters. The number of carbonyl (C=O) groups excluding carboxylic acids is 1. The van der Waals surface area contributed by atoms with Crippen LogP contribution in [0, 0.1) is 17.3 Å². The molecule has 0 spiro atoms. The zero-order valence-electron chi connectivity index (χ0n) is 15.9. The fourth-order valence-corrected chi connectivity index (χ4v) is 5.36. The molecule has 4 nitrogen and oxygen atoms in total. The Morgan fingerprint density at radius 2 is 1.96 bits per heavy atom. The van der Waals surface area contributed by atoms with Crippen molar-refractivity contribution in [2.75, 3.05) is 26.3 Å². The molecule has 4 heteroatoms. The van der Waals surface area contributed by atoms with Crippen LogP contribution in [0.4, 0.5) is 0 Å². The molecule has 24 heavy (non-hydrogen) atoms. The summed E-state index contributed by atoms with van der Waals surface area (Å²) in [6, 6.07) is 0.468. The van der Waals surface area contributed by atoms with Crippen molar-refractivity contribution in [3.8, 4) is 0 Å². The molecular formula is C20H36N2O2. The third-order valence-corrected chi connectivity index (χ3v) is 6.23. The van der Waals surface area contributed by atoms with Crippen molar-refractivity contribution < 1.29 is 9.53 Å². The highest BCUT2D eigenvalue weighted by Crippen LogP contribution is 2.38. The van der Waals surface area contributed by atoms with Gasteiger partial charge in [-0.2, -0.15) is 0 Å². The molecular weight excluding hydrogens is 300 g/mol. The predicted molar refractivity (Wildman–Crippen MR) is 96.9 cm³/mol. The third-order valence-electron chi connectivity index (χ3n) is 6.23. The van der Waals surface area contributed by atoms with Gasteiger partial charge in [-0.25, -0.2) is 0 Å². The fraction of sp³-hybridized carbons (Fsp3) is 0.950. The second-order valence-electron chi connectivity index (χ2n) is 9.33. The maximum absolute atomic E-state index is 12.9. The van der Waals surface area contributed by atoms with Crippen molar-refractivity contribution in [3.63, 3.8) is 0 Å². The maximum atomic E-state index is 12.9. The number of hydrogen-bond donors (Lipinski definition) is 1. The minimum absolute atomic E-state index is 0.105.